The highest BCUT2D eigenvalue weighted by Crippen LogP contribution is 2.26. The number of aromatic nitrogens is 5. The van der Waals surface area contributed by atoms with Gasteiger partial charge in [0, 0.05) is 30.3 Å². The summed E-state index contributed by atoms with van der Waals surface area (Å²) in [7, 11) is 0. The van der Waals surface area contributed by atoms with E-state index in [-0.39, 0.29) is 18.0 Å². The molecule has 1 amide bonds. The second kappa shape index (κ2) is 7.35. The van der Waals surface area contributed by atoms with Gasteiger partial charge >= 0.3 is 0 Å². The van der Waals surface area contributed by atoms with Crippen molar-refractivity contribution in [1.29, 1.82) is 0 Å². The predicted molar refractivity (Wildman–Crippen MR) is 109 cm³/mol. The van der Waals surface area contributed by atoms with Crippen molar-refractivity contribution < 1.29 is 9.53 Å². The molecule has 1 saturated heterocycles. The monoisotopic (exact) mass is 410 g/mol. The molecule has 0 saturated carbocycles. The summed E-state index contributed by atoms with van der Waals surface area (Å²) < 4.78 is 7.77. The standard InChI is InChI=1S/C18H18N8O2S/c19-11-8-28-5-3-12(11)23-18-21-6-13-16(25-18)10(9-29-13)17(27)24-15-7-20-14-2-1-4-22-26(14)15/h1-2,4,6-7,9,11-12H,3,5,8,19H2,(H,24,27)(H,21,23,25). The van der Waals surface area contributed by atoms with E-state index >= 15 is 0 Å². The lowest BCUT2D eigenvalue weighted by molar-refractivity contribution is 0.0751. The van der Waals surface area contributed by atoms with Crippen LogP contribution in [0.4, 0.5) is 11.8 Å². The summed E-state index contributed by atoms with van der Waals surface area (Å²) in [6.45, 7) is 1.15. The SMILES string of the molecule is NC1COCCC1Nc1ncc2scc(C(=O)Nc3cnc4cccnn34)c2n1. The molecule has 148 valence electrons. The van der Waals surface area contributed by atoms with Gasteiger partial charge in [0.15, 0.2) is 11.5 Å². The first-order chi connectivity index (χ1) is 14.2. The first-order valence-corrected chi connectivity index (χ1v) is 10.0. The molecular formula is C18H18N8O2S. The summed E-state index contributed by atoms with van der Waals surface area (Å²) in [5.74, 6) is 0.658. The molecule has 2 unspecified atom stereocenters. The maximum atomic E-state index is 12.9. The Balaban J connectivity index is 1.41. The fraction of sp³-hybridized carbons (Fsp3) is 0.278. The number of rotatable bonds is 4. The molecule has 0 bridgehead atoms. The van der Waals surface area contributed by atoms with Crippen molar-refractivity contribution in [2.75, 3.05) is 23.8 Å². The van der Waals surface area contributed by atoms with Crippen molar-refractivity contribution in [3.05, 3.63) is 41.7 Å². The second-order valence-corrected chi connectivity index (χ2v) is 7.64. The lowest BCUT2D eigenvalue weighted by atomic mass is 10.1. The molecule has 0 spiro atoms. The smallest absolute Gasteiger partial charge is 0.259 e. The molecule has 4 N–H and O–H groups in total. The van der Waals surface area contributed by atoms with Crippen molar-refractivity contribution >= 4 is 44.9 Å². The van der Waals surface area contributed by atoms with E-state index in [1.54, 1.807) is 34.6 Å². The van der Waals surface area contributed by atoms with Crippen LogP contribution in [0, 0.1) is 0 Å². The molecule has 1 aliphatic heterocycles. The van der Waals surface area contributed by atoms with Gasteiger partial charge in [-0.1, -0.05) is 0 Å². The second-order valence-electron chi connectivity index (χ2n) is 6.73. The van der Waals surface area contributed by atoms with Crippen molar-refractivity contribution in [3.63, 3.8) is 0 Å². The quantitative estimate of drug-likeness (QED) is 0.461. The molecular weight excluding hydrogens is 392 g/mol. The van der Waals surface area contributed by atoms with Gasteiger partial charge in [0.2, 0.25) is 5.95 Å². The van der Waals surface area contributed by atoms with Crippen LogP contribution < -0.4 is 16.4 Å². The van der Waals surface area contributed by atoms with E-state index in [0.717, 1.165) is 11.1 Å². The number of ether oxygens (including phenoxy) is 1. The van der Waals surface area contributed by atoms with E-state index < -0.39 is 0 Å². The van der Waals surface area contributed by atoms with Crippen LogP contribution >= 0.6 is 11.3 Å². The first kappa shape index (κ1) is 17.9. The third-order valence-electron chi connectivity index (χ3n) is 4.79. The lowest BCUT2D eigenvalue weighted by Crippen LogP contribution is -2.47. The number of fused-ring (bicyclic) bond motifs is 2. The van der Waals surface area contributed by atoms with Gasteiger partial charge in [0.1, 0.15) is 0 Å². The zero-order chi connectivity index (χ0) is 19.8. The highest BCUT2D eigenvalue weighted by atomic mass is 32.1. The molecule has 29 heavy (non-hydrogen) atoms. The van der Waals surface area contributed by atoms with E-state index in [4.69, 9.17) is 10.5 Å². The number of hydrogen-bond acceptors (Lipinski definition) is 9. The van der Waals surface area contributed by atoms with Crippen molar-refractivity contribution in [3.8, 4) is 0 Å². The van der Waals surface area contributed by atoms with Crippen molar-refractivity contribution in [2.24, 2.45) is 5.73 Å². The third kappa shape index (κ3) is 3.39. The van der Waals surface area contributed by atoms with E-state index in [9.17, 15) is 4.79 Å². The predicted octanol–water partition coefficient (Wildman–Crippen LogP) is 1.51. The Morgan fingerprint density at radius 3 is 3.17 bits per heavy atom. The zero-order valence-electron chi connectivity index (χ0n) is 15.3. The van der Waals surface area contributed by atoms with Crippen molar-refractivity contribution in [1.82, 2.24) is 24.6 Å². The zero-order valence-corrected chi connectivity index (χ0v) is 16.1. The summed E-state index contributed by atoms with van der Waals surface area (Å²) >= 11 is 1.42. The number of imidazole rings is 1. The summed E-state index contributed by atoms with van der Waals surface area (Å²) in [6, 6.07) is 3.50. The van der Waals surface area contributed by atoms with Crippen LogP contribution in [-0.4, -0.2) is 55.8 Å². The topological polar surface area (TPSA) is 132 Å². The first-order valence-electron chi connectivity index (χ1n) is 9.13. The molecule has 4 aromatic heterocycles. The highest BCUT2D eigenvalue weighted by molar-refractivity contribution is 7.17. The molecule has 11 heteroatoms. The van der Waals surface area contributed by atoms with Gasteiger partial charge in [-0.2, -0.15) is 9.61 Å². The maximum absolute atomic E-state index is 12.9. The molecule has 1 aliphatic rings. The van der Waals surface area contributed by atoms with Gasteiger partial charge in [-0.15, -0.1) is 11.3 Å². The number of carbonyl (C=O) groups excluding carboxylic acids is 1. The van der Waals surface area contributed by atoms with Crippen LogP contribution in [0.1, 0.15) is 16.8 Å². The number of nitrogens with two attached hydrogens (primary N) is 1. The summed E-state index contributed by atoms with van der Waals surface area (Å²) in [5.41, 5.74) is 7.81. The van der Waals surface area contributed by atoms with Gasteiger partial charge < -0.3 is 21.1 Å². The number of nitrogens with one attached hydrogen (secondary N) is 2. The largest absolute Gasteiger partial charge is 0.380 e. The number of thiophene rings is 1. The minimum Gasteiger partial charge on any atom is -0.380 e. The van der Waals surface area contributed by atoms with Gasteiger partial charge in [0.05, 0.1) is 34.8 Å². The molecule has 5 rings (SSSR count). The lowest BCUT2D eigenvalue weighted by Gasteiger charge is -2.29. The van der Waals surface area contributed by atoms with Gasteiger partial charge in [-0.25, -0.2) is 15.0 Å². The summed E-state index contributed by atoms with van der Waals surface area (Å²) in [4.78, 5) is 26.1. The van der Waals surface area contributed by atoms with Crippen LogP contribution in [0.15, 0.2) is 36.1 Å². The Labute approximate surface area is 169 Å². The molecule has 1 fully saturated rings. The molecule has 0 aromatic carbocycles. The fourth-order valence-corrected chi connectivity index (χ4v) is 4.11. The third-order valence-corrected chi connectivity index (χ3v) is 5.70. The molecule has 4 aromatic rings. The van der Waals surface area contributed by atoms with E-state index in [1.807, 2.05) is 6.07 Å². The minimum atomic E-state index is -0.281. The Bertz CT molecular complexity index is 1190. The van der Waals surface area contributed by atoms with Crippen LogP contribution in [0.3, 0.4) is 0 Å². The number of amides is 1. The Morgan fingerprint density at radius 1 is 1.34 bits per heavy atom. The maximum Gasteiger partial charge on any atom is 0.259 e. The van der Waals surface area contributed by atoms with Crippen LogP contribution in [0.2, 0.25) is 0 Å². The average molecular weight is 410 g/mol. The Kier molecular flexibility index (Phi) is 4.54. The molecule has 10 nitrogen and oxygen atoms in total. The van der Waals surface area contributed by atoms with E-state index in [1.165, 1.54) is 11.3 Å². The van der Waals surface area contributed by atoms with Crippen molar-refractivity contribution in [2.45, 2.75) is 18.5 Å². The van der Waals surface area contributed by atoms with Crippen LogP contribution in [0.5, 0.6) is 0 Å². The number of hydrogen-bond donors (Lipinski definition) is 3. The molecule has 0 aliphatic carbocycles. The van der Waals surface area contributed by atoms with Gasteiger partial charge in [-0.05, 0) is 18.6 Å². The minimum absolute atomic E-state index is 0.0290. The Morgan fingerprint density at radius 2 is 2.28 bits per heavy atom. The van der Waals surface area contributed by atoms with Gasteiger partial charge in [-0.3, -0.25) is 4.79 Å². The van der Waals surface area contributed by atoms with E-state index in [2.05, 4.69) is 30.7 Å². The molecule has 5 heterocycles. The van der Waals surface area contributed by atoms with Crippen LogP contribution in [0.25, 0.3) is 15.9 Å². The fourth-order valence-electron chi connectivity index (χ4n) is 3.26. The number of carbonyl (C=O) groups is 1. The molecule has 0 radical (unpaired) electrons. The number of anilines is 2. The highest BCUT2D eigenvalue weighted by Gasteiger charge is 2.23. The van der Waals surface area contributed by atoms with Crippen LogP contribution in [-0.2, 0) is 4.74 Å². The molecule has 2 atom stereocenters. The summed E-state index contributed by atoms with van der Waals surface area (Å²) in [6.07, 6.45) is 5.70. The van der Waals surface area contributed by atoms with Gasteiger partial charge in [0.25, 0.3) is 5.91 Å². The summed E-state index contributed by atoms with van der Waals surface area (Å²) in [5, 5.41) is 12.1. The normalized spacial score (nSPS) is 19.5. The van der Waals surface area contributed by atoms with E-state index in [0.29, 0.717) is 41.7 Å². The Hall–Kier alpha value is -3.15. The average Bonchev–Trinajstić information content (AvgIpc) is 3.34. The number of nitrogens with zero attached hydrogens (tertiary/aromatic N) is 5.